The highest BCUT2D eigenvalue weighted by Gasteiger charge is 2.06. The molecular formula is C18H27FO2. The lowest BCUT2D eigenvalue weighted by Crippen LogP contribution is -2.06. The van der Waals surface area contributed by atoms with Gasteiger partial charge in [-0.2, -0.15) is 0 Å². The second-order valence-corrected chi connectivity index (χ2v) is 5.83. The van der Waals surface area contributed by atoms with E-state index in [2.05, 4.69) is 0 Å². The molecule has 0 bridgehead atoms. The van der Waals surface area contributed by atoms with Gasteiger partial charge in [-0.3, -0.25) is 4.79 Å². The van der Waals surface area contributed by atoms with Crippen LogP contribution in [-0.4, -0.2) is 12.4 Å². The van der Waals surface area contributed by atoms with E-state index in [1.807, 2.05) is 26.8 Å². The number of hydrogen-bond donors (Lipinski definition) is 0. The molecule has 118 valence electrons. The van der Waals surface area contributed by atoms with Crippen molar-refractivity contribution in [2.75, 3.05) is 6.61 Å². The molecule has 0 saturated heterocycles. The maximum absolute atomic E-state index is 13.5. The van der Waals surface area contributed by atoms with Crippen LogP contribution >= 0.6 is 0 Å². The molecule has 1 aromatic rings. The number of carbonyl (C=O) groups excluding carboxylic acids is 1. The molecule has 0 heterocycles. The van der Waals surface area contributed by atoms with E-state index < -0.39 is 0 Å². The maximum Gasteiger partial charge on any atom is 0.135 e. The number of rotatable bonds is 10. The predicted octanol–water partition coefficient (Wildman–Crippen LogP) is 4.94. The number of hydrogen-bond acceptors (Lipinski definition) is 2. The zero-order chi connectivity index (χ0) is 15.7. The quantitative estimate of drug-likeness (QED) is 0.571. The van der Waals surface area contributed by atoms with Crippen LogP contribution in [0.3, 0.4) is 0 Å². The second-order valence-electron chi connectivity index (χ2n) is 5.83. The summed E-state index contributed by atoms with van der Waals surface area (Å²) in [6.45, 7) is 6.51. The van der Waals surface area contributed by atoms with E-state index in [4.69, 9.17) is 4.74 Å². The van der Waals surface area contributed by atoms with E-state index in [9.17, 15) is 9.18 Å². The van der Waals surface area contributed by atoms with Crippen molar-refractivity contribution in [2.24, 2.45) is 5.92 Å². The maximum atomic E-state index is 13.5. The molecule has 21 heavy (non-hydrogen) atoms. The van der Waals surface area contributed by atoms with Crippen molar-refractivity contribution in [3.05, 3.63) is 29.6 Å². The van der Waals surface area contributed by atoms with E-state index >= 15 is 0 Å². The number of unbranched alkanes of at least 4 members (excludes halogenated alkanes) is 2. The summed E-state index contributed by atoms with van der Waals surface area (Å²) >= 11 is 0. The van der Waals surface area contributed by atoms with Gasteiger partial charge < -0.3 is 4.74 Å². The number of aryl methyl sites for hydroxylation is 1. The molecule has 0 N–H and O–H groups in total. The van der Waals surface area contributed by atoms with Crippen LogP contribution in [0, 0.1) is 11.7 Å². The SMILES string of the molecule is CCCOc1cc(F)cc(CCCCCC(=O)C(C)C)c1. The molecule has 0 fully saturated rings. The summed E-state index contributed by atoms with van der Waals surface area (Å²) < 4.78 is 19.0. The van der Waals surface area contributed by atoms with Crippen LogP contribution in [0.15, 0.2) is 18.2 Å². The molecule has 0 amide bonds. The largest absolute Gasteiger partial charge is 0.493 e. The van der Waals surface area contributed by atoms with Gasteiger partial charge in [-0.05, 0) is 43.4 Å². The summed E-state index contributed by atoms with van der Waals surface area (Å²) in [5.41, 5.74) is 0.969. The molecule has 0 atom stereocenters. The van der Waals surface area contributed by atoms with Crippen molar-refractivity contribution in [3.8, 4) is 5.75 Å². The lowest BCUT2D eigenvalue weighted by molar-refractivity contribution is -0.122. The van der Waals surface area contributed by atoms with Gasteiger partial charge in [0, 0.05) is 18.4 Å². The van der Waals surface area contributed by atoms with Crippen LogP contribution < -0.4 is 4.74 Å². The molecule has 1 aromatic carbocycles. The Balaban J connectivity index is 2.34. The number of halogens is 1. The van der Waals surface area contributed by atoms with E-state index in [1.165, 1.54) is 6.07 Å². The third-order valence-corrected chi connectivity index (χ3v) is 3.44. The van der Waals surface area contributed by atoms with Crippen molar-refractivity contribution < 1.29 is 13.9 Å². The third-order valence-electron chi connectivity index (χ3n) is 3.44. The van der Waals surface area contributed by atoms with Gasteiger partial charge >= 0.3 is 0 Å². The van der Waals surface area contributed by atoms with Crippen molar-refractivity contribution >= 4 is 5.78 Å². The zero-order valence-corrected chi connectivity index (χ0v) is 13.5. The van der Waals surface area contributed by atoms with Gasteiger partial charge in [0.1, 0.15) is 17.3 Å². The Bertz CT molecular complexity index is 441. The van der Waals surface area contributed by atoms with E-state index in [0.717, 1.165) is 37.7 Å². The minimum atomic E-state index is -0.242. The molecule has 0 aliphatic carbocycles. The Kier molecular flexibility index (Phi) is 8.03. The van der Waals surface area contributed by atoms with Crippen LogP contribution in [0.1, 0.15) is 58.4 Å². The van der Waals surface area contributed by atoms with Gasteiger partial charge in [0.25, 0.3) is 0 Å². The van der Waals surface area contributed by atoms with Crippen LogP contribution in [0.25, 0.3) is 0 Å². The first-order valence-corrected chi connectivity index (χ1v) is 7.98. The molecular weight excluding hydrogens is 267 g/mol. The van der Waals surface area contributed by atoms with Crippen molar-refractivity contribution in [3.63, 3.8) is 0 Å². The molecule has 0 saturated carbocycles. The highest BCUT2D eigenvalue weighted by atomic mass is 19.1. The van der Waals surface area contributed by atoms with Crippen LogP contribution in [0.4, 0.5) is 4.39 Å². The fraction of sp³-hybridized carbons (Fsp3) is 0.611. The number of ketones is 1. The Morgan fingerprint density at radius 1 is 1.19 bits per heavy atom. The summed E-state index contributed by atoms with van der Waals surface area (Å²) in [5.74, 6) is 0.831. The Morgan fingerprint density at radius 3 is 2.62 bits per heavy atom. The van der Waals surface area contributed by atoms with Gasteiger partial charge in [-0.1, -0.05) is 27.2 Å². The summed E-state index contributed by atoms with van der Waals surface area (Å²) in [5, 5.41) is 0. The normalized spacial score (nSPS) is 10.9. The summed E-state index contributed by atoms with van der Waals surface area (Å²) in [7, 11) is 0. The van der Waals surface area contributed by atoms with Crippen molar-refractivity contribution in [1.29, 1.82) is 0 Å². The molecule has 0 spiro atoms. The first-order valence-electron chi connectivity index (χ1n) is 7.98. The zero-order valence-electron chi connectivity index (χ0n) is 13.5. The van der Waals surface area contributed by atoms with E-state index in [-0.39, 0.29) is 11.7 Å². The highest BCUT2D eigenvalue weighted by molar-refractivity contribution is 5.80. The standard InChI is InChI=1S/C18H27FO2/c1-4-10-21-17-12-15(11-16(19)13-17)8-6-5-7-9-18(20)14(2)3/h11-14H,4-10H2,1-3H3. The van der Waals surface area contributed by atoms with Gasteiger partial charge in [-0.15, -0.1) is 0 Å². The third kappa shape index (κ3) is 7.26. The number of carbonyl (C=O) groups is 1. The van der Waals surface area contributed by atoms with Gasteiger partial charge in [0.2, 0.25) is 0 Å². The average molecular weight is 294 g/mol. The monoisotopic (exact) mass is 294 g/mol. The minimum absolute atomic E-state index is 0.131. The molecule has 0 aromatic heterocycles. The molecule has 0 radical (unpaired) electrons. The Hall–Kier alpha value is -1.38. The first kappa shape index (κ1) is 17.7. The van der Waals surface area contributed by atoms with Crippen molar-refractivity contribution in [1.82, 2.24) is 0 Å². The molecule has 0 unspecified atom stereocenters. The van der Waals surface area contributed by atoms with Crippen molar-refractivity contribution in [2.45, 2.75) is 59.3 Å². The van der Waals surface area contributed by atoms with E-state index in [1.54, 1.807) is 6.07 Å². The highest BCUT2D eigenvalue weighted by Crippen LogP contribution is 2.19. The second kappa shape index (κ2) is 9.54. The molecule has 0 aliphatic heterocycles. The molecule has 0 aliphatic rings. The minimum Gasteiger partial charge on any atom is -0.493 e. The van der Waals surface area contributed by atoms with Crippen LogP contribution in [0.5, 0.6) is 5.75 Å². The first-order chi connectivity index (χ1) is 10.0. The predicted molar refractivity (Wildman–Crippen MR) is 84.2 cm³/mol. The lowest BCUT2D eigenvalue weighted by atomic mass is 10.0. The number of Topliss-reactive ketones (excluding diaryl/α,β-unsaturated/α-hetero) is 1. The number of benzene rings is 1. The number of ether oxygens (including phenoxy) is 1. The molecule has 1 rings (SSSR count). The Labute approximate surface area is 127 Å². The van der Waals surface area contributed by atoms with Crippen LogP contribution in [0.2, 0.25) is 0 Å². The van der Waals surface area contributed by atoms with Gasteiger partial charge in [0.05, 0.1) is 6.61 Å². The molecule has 2 nitrogen and oxygen atoms in total. The topological polar surface area (TPSA) is 26.3 Å². The summed E-state index contributed by atoms with van der Waals surface area (Å²) in [6.07, 6.45) is 5.30. The smallest absolute Gasteiger partial charge is 0.135 e. The van der Waals surface area contributed by atoms with E-state index in [0.29, 0.717) is 24.6 Å². The average Bonchev–Trinajstić information content (AvgIpc) is 2.43. The lowest BCUT2D eigenvalue weighted by Gasteiger charge is -2.08. The fourth-order valence-electron chi connectivity index (χ4n) is 2.16. The van der Waals surface area contributed by atoms with Gasteiger partial charge in [-0.25, -0.2) is 4.39 Å². The Morgan fingerprint density at radius 2 is 1.95 bits per heavy atom. The molecule has 3 heteroatoms. The van der Waals surface area contributed by atoms with Crippen LogP contribution in [-0.2, 0) is 11.2 Å². The summed E-state index contributed by atoms with van der Waals surface area (Å²) in [6, 6.07) is 4.91. The fourth-order valence-corrected chi connectivity index (χ4v) is 2.16. The van der Waals surface area contributed by atoms with Gasteiger partial charge in [0.15, 0.2) is 0 Å². The summed E-state index contributed by atoms with van der Waals surface area (Å²) in [4.78, 5) is 11.5.